The quantitative estimate of drug-likeness (QED) is 0.533. The van der Waals surface area contributed by atoms with Crippen molar-refractivity contribution in [2.75, 3.05) is 0 Å². The highest BCUT2D eigenvalue weighted by Crippen LogP contribution is 2.33. The Kier molecular flexibility index (Phi) is 4.56. The van der Waals surface area contributed by atoms with Crippen molar-refractivity contribution >= 4 is 38.9 Å². The second kappa shape index (κ2) is 6.52. The summed E-state index contributed by atoms with van der Waals surface area (Å²) in [6.07, 6.45) is 2.74. The smallest absolute Gasteiger partial charge is 0.328 e. The largest absolute Gasteiger partial charge is 0.478 e. The molecule has 1 heterocycles. The van der Waals surface area contributed by atoms with Crippen LogP contribution in [0.1, 0.15) is 31.9 Å². The first-order valence-electron chi connectivity index (χ1n) is 8.09. The molecule has 3 aromatic rings. The first kappa shape index (κ1) is 17.5. The summed E-state index contributed by atoms with van der Waals surface area (Å²) >= 11 is 3.60. The molecule has 0 aliphatic carbocycles. The number of fused-ring (bicyclic) bond motifs is 1. The van der Waals surface area contributed by atoms with Crippen LogP contribution in [0.4, 0.5) is 0 Å². The van der Waals surface area contributed by atoms with Crippen LogP contribution in [0.2, 0.25) is 0 Å². The SMILES string of the molecule is CC(C)(C)c1cccc(-c2cc3c(Br)c(/C=C/C(=O)O)ccc3[nH]2)c1. The number of carbonyl (C=O) groups is 1. The number of hydrogen-bond acceptors (Lipinski definition) is 1. The minimum Gasteiger partial charge on any atom is -0.478 e. The topological polar surface area (TPSA) is 53.1 Å². The zero-order valence-corrected chi connectivity index (χ0v) is 16.0. The van der Waals surface area contributed by atoms with Crippen LogP contribution in [0.15, 0.2) is 53.0 Å². The number of rotatable bonds is 3. The lowest BCUT2D eigenvalue weighted by Gasteiger charge is -2.19. The van der Waals surface area contributed by atoms with Crippen LogP contribution < -0.4 is 0 Å². The van der Waals surface area contributed by atoms with E-state index < -0.39 is 5.97 Å². The molecule has 0 saturated heterocycles. The van der Waals surface area contributed by atoms with Gasteiger partial charge >= 0.3 is 5.97 Å². The second-order valence-electron chi connectivity index (χ2n) is 7.12. The molecule has 0 aliphatic rings. The molecule has 1 aromatic heterocycles. The number of carboxylic acids is 1. The van der Waals surface area contributed by atoms with Gasteiger partial charge in [-0.1, -0.05) is 45.0 Å². The summed E-state index contributed by atoms with van der Waals surface area (Å²) in [5.74, 6) is -0.958. The molecule has 0 radical (unpaired) electrons. The van der Waals surface area contributed by atoms with E-state index in [1.807, 2.05) is 12.1 Å². The van der Waals surface area contributed by atoms with Crippen LogP contribution in [-0.2, 0) is 10.2 Å². The molecule has 0 saturated carbocycles. The van der Waals surface area contributed by atoms with E-state index in [-0.39, 0.29) is 5.41 Å². The average molecular weight is 398 g/mol. The van der Waals surface area contributed by atoms with E-state index in [0.717, 1.165) is 38.3 Å². The van der Waals surface area contributed by atoms with Crippen molar-refractivity contribution in [3.8, 4) is 11.3 Å². The molecule has 3 nitrogen and oxygen atoms in total. The summed E-state index contributed by atoms with van der Waals surface area (Å²) in [6.45, 7) is 6.61. The Morgan fingerprint density at radius 1 is 1.16 bits per heavy atom. The fourth-order valence-corrected chi connectivity index (χ4v) is 3.38. The van der Waals surface area contributed by atoms with Gasteiger partial charge in [0.05, 0.1) is 0 Å². The molecule has 4 heteroatoms. The molecule has 25 heavy (non-hydrogen) atoms. The predicted molar refractivity (Wildman–Crippen MR) is 107 cm³/mol. The van der Waals surface area contributed by atoms with E-state index in [0.29, 0.717) is 0 Å². The normalized spacial score (nSPS) is 12.2. The van der Waals surface area contributed by atoms with Crippen molar-refractivity contribution in [2.24, 2.45) is 0 Å². The van der Waals surface area contributed by atoms with E-state index in [2.05, 4.69) is 72.0 Å². The zero-order valence-electron chi connectivity index (χ0n) is 14.4. The standard InChI is InChI=1S/C21H20BrNO2/c1-21(2,3)15-6-4-5-14(11-15)18-12-16-17(23-18)9-7-13(20(16)22)8-10-19(24)25/h4-12,23H,1-3H3,(H,24,25)/b10-8+. The van der Waals surface area contributed by atoms with Gasteiger partial charge in [-0.2, -0.15) is 0 Å². The number of aliphatic carboxylic acids is 1. The average Bonchev–Trinajstić information content (AvgIpc) is 2.98. The summed E-state index contributed by atoms with van der Waals surface area (Å²) in [5.41, 5.74) is 5.41. The van der Waals surface area contributed by atoms with Gasteiger partial charge in [0, 0.05) is 27.1 Å². The molecular formula is C21H20BrNO2. The summed E-state index contributed by atoms with van der Waals surface area (Å²) in [5, 5.41) is 9.85. The first-order valence-corrected chi connectivity index (χ1v) is 8.88. The Hall–Kier alpha value is -2.33. The lowest BCUT2D eigenvalue weighted by atomic mass is 9.86. The van der Waals surface area contributed by atoms with Crippen LogP contribution in [-0.4, -0.2) is 16.1 Å². The van der Waals surface area contributed by atoms with E-state index in [9.17, 15) is 4.79 Å². The summed E-state index contributed by atoms with van der Waals surface area (Å²) in [4.78, 5) is 14.2. The number of carboxylic acid groups (broad SMARTS) is 1. The lowest BCUT2D eigenvalue weighted by molar-refractivity contribution is -0.131. The highest BCUT2D eigenvalue weighted by molar-refractivity contribution is 9.10. The van der Waals surface area contributed by atoms with Crippen molar-refractivity contribution in [2.45, 2.75) is 26.2 Å². The van der Waals surface area contributed by atoms with Crippen molar-refractivity contribution in [1.82, 2.24) is 4.98 Å². The molecule has 2 aromatic carbocycles. The second-order valence-corrected chi connectivity index (χ2v) is 7.91. The third-order valence-corrected chi connectivity index (χ3v) is 5.10. The molecule has 128 valence electrons. The van der Waals surface area contributed by atoms with E-state index in [4.69, 9.17) is 5.11 Å². The van der Waals surface area contributed by atoms with Gasteiger partial charge in [-0.3, -0.25) is 0 Å². The first-order chi connectivity index (χ1) is 11.8. The Labute approximate surface area is 155 Å². The van der Waals surface area contributed by atoms with Crippen molar-refractivity contribution in [3.63, 3.8) is 0 Å². The Balaban J connectivity index is 2.08. The minimum absolute atomic E-state index is 0.0946. The molecule has 0 bridgehead atoms. The van der Waals surface area contributed by atoms with Gasteiger partial charge in [-0.05, 0) is 62.3 Å². The van der Waals surface area contributed by atoms with Gasteiger partial charge in [0.1, 0.15) is 0 Å². The fraction of sp³-hybridized carbons (Fsp3) is 0.190. The molecule has 0 atom stereocenters. The third kappa shape index (κ3) is 3.69. The van der Waals surface area contributed by atoms with Gasteiger partial charge in [-0.15, -0.1) is 0 Å². The lowest BCUT2D eigenvalue weighted by Crippen LogP contribution is -2.10. The number of hydrogen-bond donors (Lipinski definition) is 2. The molecule has 0 amide bonds. The molecule has 3 rings (SSSR count). The minimum atomic E-state index is -0.958. The maximum Gasteiger partial charge on any atom is 0.328 e. The monoisotopic (exact) mass is 397 g/mol. The number of halogens is 1. The maximum absolute atomic E-state index is 10.7. The van der Waals surface area contributed by atoms with Gasteiger partial charge < -0.3 is 10.1 Å². The van der Waals surface area contributed by atoms with Crippen molar-refractivity contribution in [3.05, 3.63) is 64.1 Å². The van der Waals surface area contributed by atoms with Crippen LogP contribution >= 0.6 is 15.9 Å². The van der Waals surface area contributed by atoms with Gasteiger partial charge in [-0.25, -0.2) is 4.79 Å². The zero-order chi connectivity index (χ0) is 18.2. The van der Waals surface area contributed by atoms with Crippen LogP contribution in [0.25, 0.3) is 28.2 Å². The van der Waals surface area contributed by atoms with Crippen LogP contribution in [0, 0.1) is 0 Å². The van der Waals surface area contributed by atoms with Gasteiger partial charge in [0.2, 0.25) is 0 Å². The third-order valence-electron chi connectivity index (χ3n) is 4.21. The van der Waals surface area contributed by atoms with E-state index in [1.54, 1.807) is 6.08 Å². The van der Waals surface area contributed by atoms with Crippen molar-refractivity contribution in [1.29, 1.82) is 0 Å². The summed E-state index contributed by atoms with van der Waals surface area (Å²) in [7, 11) is 0. The molecule has 0 unspecified atom stereocenters. The number of aromatic nitrogens is 1. The van der Waals surface area contributed by atoms with Crippen LogP contribution in [0.3, 0.4) is 0 Å². The summed E-state index contributed by atoms with van der Waals surface area (Å²) in [6, 6.07) is 14.5. The predicted octanol–water partition coefficient (Wildman–Crippen LogP) is 5.99. The highest BCUT2D eigenvalue weighted by Gasteiger charge is 2.15. The van der Waals surface area contributed by atoms with E-state index in [1.165, 1.54) is 5.56 Å². The van der Waals surface area contributed by atoms with E-state index >= 15 is 0 Å². The van der Waals surface area contributed by atoms with Crippen molar-refractivity contribution < 1.29 is 9.90 Å². The Morgan fingerprint density at radius 3 is 2.60 bits per heavy atom. The van der Waals surface area contributed by atoms with Crippen LogP contribution in [0.5, 0.6) is 0 Å². The molecule has 0 spiro atoms. The summed E-state index contributed by atoms with van der Waals surface area (Å²) < 4.78 is 0.886. The van der Waals surface area contributed by atoms with Gasteiger partial charge in [0.25, 0.3) is 0 Å². The maximum atomic E-state index is 10.7. The number of benzene rings is 2. The fourth-order valence-electron chi connectivity index (χ4n) is 2.78. The number of H-pyrrole nitrogens is 1. The highest BCUT2D eigenvalue weighted by atomic mass is 79.9. The molecule has 2 N–H and O–H groups in total. The Bertz CT molecular complexity index is 977. The van der Waals surface area contributed by atoms with Gasteiger partial charge in [0.15, 0.2) is 0 Å². The number of nitrogens with one attached hydrogen (secondary N) is 1. The number of aromatic amines is 1. The molecule has 0 fully saturated rings. The molecular weight excluding hydrogens is 378 g/mol. The Morgan fingerprint density at radius 2 is 1.92 bits per heavy atom. The molecule has 0 aliphatic heterocycles.